The van der Waals surface area contributed by atoms with Gasteiger partial charge < -0.3 is 10.1 Å². The van der Waals surface area contributed by atoms with E-state index in [0.717, 1.165) is 10.9 Å². The zero-order chi connectivity index (χ0) is 18.3. The first-order valence-electron chi connectivity index (χ1n) is 7.99. The number of nitrogens with one attached hydrogen (secondary N) is 2. The van der Waals surface area contributed by atoms with E-state index >= 15 is 0 Å². The smallest absolute Gasteiger partial charge is 0.259 e. The number of aromatic amines is 1. The third-order valence-electron chi connectivity index (χ3n) is 3.74. The van der Waals surface area contributed by atoms with E-state index in [0.29, 0.717) is 27.5 Å². The maximum atomic E-state index is 12.9. The number of anilines is 1. The van der Waals surface area contributed by atoms with Gasteiger partial charge in [-0.15, -0.1) is 12.6 Å². The summed E-state index contributed by atoms with van der Waals surface area (Å²) in [5, 5.41) is 14.7. The van der Waals surface area contributed by atoms with E-state index < -0.39 is 0 Å². The lowest BCUT2D eigenvalue weighted by Gasteiger charge is -2.14. The number of ether oxygens (including phenoxy) is 1. The molecule has 4 rings (SSSR count). The van der Waals surface area contributed by atoms with Gasteiger partial charge in [0.25, 0.3) is 5.91 Å². The Morgan fingerprint density at radius 1 is 1.31 bits per heavy atom. The number of nitrogens with zero attached hydrogens (tertiary/aromatic N) is 4. The van der Waals surface area contributed by atoms with Crippen molar-refractivity contribution in [3.8, 4) is 5.75 Å². The first kappa shape index (κ1) is 16.4. The molecule has 2 N–H and O–H groups in total. The van der Waals surface area contributed by atoms with Crippen LogP contribution in [-0.4, -0.2) is 36.8 Å². The number of aromatic nitrogens is 5. The minimum Gasteiger partial charge on any atom is -0.490 e. The van der Waals surface area contributed by atoms with Gasteiger partial charge in [-0.1, -0.05) is 0 Å². The van der Waals surface area contributed by atoms with Gasteiger partial charge >= 0.3 is 0 Å². The summed E-state index contributed by atoms with van der Waals surface area (Å²) in [6.45, 7) is 3.81. The number of amides is 1. The van der Waals surface area contributed by atoms with E-state index in [2.05, 4.69) is 38.2 Å². The average Bonchev–Trinajstić information content (AvgIpc) is 3.19. The molecule has 8 nitrogen and oxygen atoms in total. The maximum Gasteiger partial charge on any atom is 0.259 e. The molecule has 132 valence electrons. The summed E-state index contributed by atoms with van der Waals surface area (Å²) < 4.78 is 7.37. The van der Waals surface area contributed by atoms with E-state index in [1.807, 2.05) is 13.8 Å². The quantitative estimate of drug-likeness (QED) is 0.481. The summed E-state index contributed by atoms with van der Waals surface area (Å²) in [5.74, 6) is 0.173. The molecular weight excluding hydrogens is 352 g/mol. The molecule has 0 fully saturated rings. The van der Waals surface area contributed by atoms with Crippen molar-refractivity contribution in [1.82, 2.24) is 24.8 Å². The second-order valence-corrected chi connectivity index (χ2v) is 6.58. The van der Waals surface area contributed by atoms with Gasteiger partial charge in [-0.05, 0) is 19.9 Å². The lowest BCUT2D eigenvalue weighted by atomic mass is 10.1. The van der Waals surface area contributed by atoms with E-state index in [9.17, 15) is 4.79 Å². The minimum atomic E-state index is -0.310. The van der Waals surface area contributed by atoms with Crippen molar-refractivity contribution in [2.45, 2.75) is 24.8 Å². The molecule has 0 bridgehead atoms. The van der Waals surface area contributed by atoms with Crippen molar-refractivity contribution in [3.05, 3.63) is 42.5 Å². The van der Waals surface area contributed by atoms with Crippen LogP contribution in [0.4, 0.5) is 5.69 Å². The number of hydrogen-bond acceptors (Lipinski definition) is 6. The lowest BCUT2D eigenvalue weighted by molar-refractivity contribution is 0.102. The molecule has 9 heteroatoms. The van der Waals surface area contributed by atoms with Crippen LogP contribution in [0.25, 0.3) is 16.6 Å². The van der Waals surface area contributed by atoms with Crippen LogP contribution >= 0.6 is 12.6 Å². The van der Waals surface area contributed by atoms with Gasteiger partial charge in [0, 0.05) is 28.7 Å². The Bertz CT molecular complexity index is 1120. The first-order chi connectivity index (χ1) is 12.5. The second kappa shape index (κ2) is 6.34. The molecule has 0 aliphatic rings. The van der Waals surface area contributed by atoms with Gasteiger partial charge in [0.05, 0.1) is 29.6 Å². The number of hydrogen-bond donors (Lipinski definition) is 3. The molecule has 3 aromatic heterocycles. The van der Waals surface area contributed by atoms with Crippen LogP contribution in [-0.2, 0) is 0 Å². The van der Waals surface area contributed by atoms with Gasteiger partial charge in [-0.2, -0.15) is 10.2 Å². The predicted molar refractivity (Wildman–Crippen MR) is 100 cm³/mol. The summed E-state index contributed by atoms with van der Waals surface area (Å²) in [5.41, 5.74) is 2.26. The summed E-state index contributed by atoms with van der Waals surface area (Å²) in [6.07, 6.45) is 6.45. The van der Waals surface area contributed by atoms with E-state index in [-0.39, 0.29) is 12.0 Å². The highest BCUT2D eigenvalue weighted by Crippen LogP contribution is 2.27. The molecule has 0 aliphatic carbocycles. The van der Waals surface area contributed by atoms with Gasteiger partial charge in [-0.3, -0.25) is 9.89 Å². The number of rotatable bonds is 4. The Labute approximate surface area is 154 Å². The van der Waals surface area contributed by atoms with E-state index in [4.69, 9.17) is 4.74 Å². The molecule has 0 saturated heterocycles. The van der Waals surface area contributed by atoms with Crippen molar-refractivity contribution in [2.24, 2.45) is 0 Å². The summed E-state index contributed by atoms with van der Waals surface area (Å²) >= 11 is 4.23. The molecule has 0 atom stereocenters. The van der Waals surface area contributed by atoms with E-state index in [1.54, 1.807) is 41.4 Å². The van der Waals surface area contributed by atoms with Crippen LogP contribution in [0, 0.1) is 0 Å². The standard InChI is InChI=1S/C17H16N6O2S/c1-9(2)25-15-4-13-10(5-19-22-13)3-12(15)17(24)21-14-7-20-23-8-11(26)6-18-16(14)23/h3-9,26H,1-2H3,(H,19,22)(H,21,24). The Balaban J connectivity index is 1.72. The zero-order valence-electron chi connectivity index (χ0n) is 14.1. The third-order valence-corrected chi connectivity index (χ3v) is 3.97. The fourth-order valence-corrected chi connectivity index (χ4v) is 2.81. The van der Waals surface area contributed by atoms with Crippen LogP contribution in [0.3, 0.4) is 0 Å². The van der Waals surface area contributed by atoms with Crippen LogP contribution in [0.5, 0.6) is 5.75 Å². The average molecular weight is 368 g/mol. The van der Waals surface area contributed by atoms with Gasteiger partial charge in [-0.25, -0.2) is 9.50 Å². The van der Waals surface area contributed by atoms with Crippen molar-refractivity contribution >= 4 is 40.8 Å². The fourth-order valence-electron chi connectivity index (χ4n) is 2.64. The maximum absolute atomic E-state index is 12.9. The number of H-pyrrole nitrogens is 1. The Morgan fingerprint density at radius 2 is 2.15 bits per heavy atom. The molecule has 0 aliphatic heterocycles. The number of benzene rings is 1. The molecule has 0 radical (unpaired) electrons. The molecule has 0 saturated carbocycles. The first-order valence-corrected chi connectivity index (χ1v) is 8.43. The van der Waals surface area contributed by atoms with Crippen LogP contribution < -0.4 is 10.1 Å². The summed E-state index contributed by atoms with van der Waals surface area (Å²) in [7, 11) is 0. The molecule has 1 amide bonds. The highest BCUT2D eigenvalue weighted by atomic mass is 32.1. The monoisotopic (exact) mass is 368 g/mol. The van der Waals surface area contributed by atoms with Crippen molar-refractivity contribution in [1.29, 1.82) is 0 Å². The highest BCUT2D eigenvalue weighted by molar-refractivity contribution is 7.80. The third kappa shape index (κ3) is 2.97. The molecular formula is C17H16N6O2S. The van der Waals surface area contributed by atoms with Crippen molar-refractivity contribution < 1.29 is 9.53 Å². The molecule has 0 spiro atoms. The Hall–Kier alpha value is -3.07. The Kier molecular flexibility index (Phi) is 4.00. The number of fused-ring (bicyclic) bond motifs is 2. The number of thiol groups is 1. The van der Waals surface area contributed by atoms with Crippen LogP contribution in [0.2, 0.25) is 0 Å². The normalized spacial score (nSPS) is 11.4. The number of carbonyl (C=O) groups is 1. The number of carbonyl (C=O) groups excluding carboxylic acids is 1. The fraction of sp³-hybridized carbons (Fsp3) is 0.176. The van der Waals surface area contributed by atoms with Crippen LogP contribution in [0.1, 0.15) is 24.2 Å². The van der Waals surface area contributed by atoms with Crippen molar-refractivity contribution in [3.63, 3.8) is 0 Å². The minimum absolute atomic E-state index is 0.0747. The molecule has 3 heterocycles. The highest BCUT2D eigenvalue weighted by Gasteiger charge is 2.18. The molecule has 0 unspecified atom stereocenters. The molecule has 26 heavy (non-hydrogen) atoms. The van der Waals surface area contributed by atoms with Gasteiger partial charge in [0.15, 0.2) is 5.65 Å². The van der Waals surface area contributed by atoms with Gasteiger partial charge in [0.1, 0.15) is 11.4 Å². The van der Waals surface area contributed by atoms with Crippen molar-refractivity contribution in [2.75, 3.05) is 5.32 Å². The van der Waals surface area contributed by atoms with Gasteiger partial charge in [0.2, 0.25) is 0 Å². The van der Waals surface area contributed by atoms with Crippen LogP contribution in [0.15, 0.2) is 41.8 Å². The molecule has 4 aromatic rings. The Morgan fingerprint density at radius 3 is 2.96 bits per heavy atom. The SMILES string of the molecule is CC(C)Oc1cc2[nH]ncc2cc1C(=O)Nc1cnn2cc(S)cnc12. The van der Waals surface area contributed by atoms with E-state index in [1.165, 1.54) is 0 Å². The predicted octanol–water partition coefficient (Wildman–Crippen LogP) is 2.93. The summed E-state index contributed by atoms with van der Waals surface area (Å²) in [6, 6.07) is 3.52. The summed E-state index contributed by atoms with van der Waals surface area (Å²) in [4.78, 5) is 17.8. The molecule has 1 aromatic carbocycles. The lowest BCUT2D eigenvalue weighted by Crippen LogP contribution is -2.16. The second-order valence-electron chi connectivity index (χ2n) is 6.06. The largest absolute Gasteiger partial charge is 0.490 e. The topological polar surface area (TPSA) is 97.2 Å². The zero-order valence-corrected chi connectivity index (χ0v) is 15.0.